The molecule has 0 aromatic rings. The Morgan fingerprint density at radius 1 is 1.54 bits per heavy atom. The predicted octanol–water partition coefficient (Wildman–Crippen LogP) is 4.80. The molecule has 0 fully saturated rings. The maximum absolute atomic E-state index is 3.83. The van der Waals surface area contributed by atoms with Gasteiger partial charge in [-0.15, -0.1) is 0 Å². The van der Waals surface area contributed by atoms with E-state index in [1.54, 1.807) is 0 Å². The first-order valence-electron chi connectivity index (χ1n) is 4.76. The molecule has 0 radical (unpaired) electrons. The van der Waals surface area contributed by atoms with Gasteiger partial charge in [-0.05, 0) is 24.3 Å². The Morgan fingerprint density at radius 2 is 2.15 bits per heavy atom. The van der Waals surface area contributed by atoms with Crippen LogP contribution in [0, 0.1) is 5.92 Å². The number of alkyl halides is 1. The van der Waals surface area contributed by atoms with Gasteiger partial charge in [0.25, 0.3) is 0 Å². The van der Waals surface area contributed by atoms with E-state index in [-0.39, 0.29) is 4.32 Å². The Kier molecular flexibility index (Phi) is 3.82. The molecular formula is C11H16Br2. The van der Waals surface area contributed by atoms with Gasteiger partial charge >= 0.3 is 0 Å². The Morgan fingerprint density at radius 3 is 2.62 bits per heavy atom. The maximum Gasteiger partial charge on any atom is 0.0500 e. The highest BCUT2D eigenvalue weighted by Gasteiger charge is 2.30. The highest BCUT2D eigenvalue weighted by molar-refractivity contribution is 9.12. The molecule has 13 heavy (non-hydrogen) atoms. The molecule has 0 aromatic heterocycles. The van der Waals surface area contributed by atoms with Gasteiger partial charge in [-0.1, -0.05) is 64.8 Å². The molecule has 0 amide bonds. The van der Waals surface area contributed by atoms with Crippen LogP contribution >= 0.6 is 31.9 Å². The summed E-state index contributed by atoms with van der Waals surface area (Å²) >= 11 is 7.41. The normalized spacial score (nSPS) is 28.8. The molecule has 0 nitrogen and oxygen atoms in total. The lowest BCUT2D eigenvalue weighted by Crippen LogP contribution is -2.26. The van der Waals surface area contributed by atoms with E-state index in [2.05, 4.69) is 64.8 Å². The number of rotatable bonds is 2. The minimum absolute atomic E-state index is 0.176. The first-order valence-corrected chi connectivity index (χ1v) is 6.35. The zero-order chi connectivity index (χ0) is 10.1. The van der Waals surface area contributed by atoms with E-state index in [0.29, 0.717) is 5.92 Å². The van der Waals surface area contributed by atoms with Crippen LogP contribution in [0.5, 0.6) is 0 Å². The monoisotopic (exact) mass is 306 g/mol. The summed E-state index contributed by atoms with van der Waals surface area (Å²) in [6.45, 7) is 6.71. The molecule has 0 N–H and O–H groups in total. The fraction of sp³-hybridized carbons (Fsp3) is 0.636. The Labute approximate surface area is 97.7 Å². The standard InChI is InChI=1S/C11H16Br2/c1-4-9-7-11(13,8(2)3)6-5-10(9)12/h5,7-8H,4,6H2,1-3H3. The molecule has 0 saturated heterocycles. The molecule has 1 unspecified atom stereocenters. The van der Waals surface area contributed by atoms with E-state index in [9.17, 15) is 0 Å². The summed E-state index contributed by atoms with van der Waals surface area (Å²) in [4.78, 5) is 0. The van der Waals surface area contributed by atoms with Crippen LogP contribution in [0.4, 0.5) is 0 Å². The lowest BCUT2D eigenvalue weighted by molar-refractivity contribution is 0.519. The lowest BCUT2D eigenvalue weighted by Gasteiger charge is -2.31. The molecule has 0 aromatic carbocycles. The van der Waals surface area contributed by atoms with Gasteiger partial charge in [-0.2, -0.15) is 0 Å². The molecule has 74 valence electrons. The van der Waals surface area contributed by atoms with Gasteiger partial charge in [-0.25, -0.2) is 0 Å². The summed E-state index contributed by atoms with van der Waals surface area (Å²) in [5.41, 5.74) is 1.41. The van der Waals surface area contributed by atoms with E-state index in [1.807, 2.05) is 0 Å². The second-order valence-electron chi connectivity index (χ2n) is 3.86. The van der Waals surface area contributed by atoms with Crippen LogP contribution in [0.2, 0.25) is 0 Å². The Hall–Kier alpha value is 0.440. The summed E-state index contributed by atoms with van der Waals surface area (Å²) < 4.78 is 1.45. The van der Waals surface area contributed by atoms with Crippen molar-refractivity contribution in [2.24, 2.45) is 5.92 Å². The zero-order valence-electron chi connectivity index (χ0n) is 8.40. The minimum Gasteiger partial charge on any atom is -0.0801 e. The van der Waals surface area contributed by atoms with Crippen molar-refractivity contribution in [3.63, 3.8) is 0 Å². The highest BCUT2D eigenvalue weighted by atomic mass is 79.9. The van der Waals surface area contributed by atoms with Crippen molar-refractivity contribution in [2.45, 2.75) is 37.9 Å². The molecule has 1 aliphatic rings. The van der Waals surface area contributed by atoms with Crippen LogP contribution in [0.25, 0.3) is 0 Å². The van der Waals surface area contributed by atoms with Gasteiger partial charge in [0.1, 0.15) is 0 Å². The predicted molar refractivity (Wildman–Crippen MR) is 66.5 cm³/mol. The lowest BCUT2D eigenvalue weighted by atomic mass is 9.86. The smallest absolute Gasteiger partial charge is 0.0500 e. The zero-order valence-corrected chi connectivity index (χ0v) is 11.6. The first-order chi connectivity index (χ1) is 5.99. The van der Waals surface area contributed by atoms with Crippen LogP contribution < -0.4 is 0 Å². The molecule has 0 spiro atoms. The number of halogens is 2. The van der Waals surface area contributed by atoms with Gasteiger partial charge in [0, 0.05) is 4.48 Å². The van der Waals surface area contributed by atoms with Crippen LogP contribution in [0.3, 0.4) is 0 Å². The summed E-state index contributed by atoms with van der Waals surface area (Å²) in [5, 5.41) is 0. The Bertz CT molecular complexity index is 251. The fourth-order valence-electron chi connectivity index (χ4n) is 1.47. The van der Waals surface area contributed by atoms with E-state index in [4.69, 9.17) is 0 Å². The van der Waals surface area contributed by atoms with Gasteiger partial charge in [0.05, 0.1) is 4.32 Å². The van der Waals surface area contributed by atoms with Crippen molar-refractivity contribution in [1.29, 1.82) is 0 Å². The third kappa shape index (κ3) is 2.47. The molecule has 0 bridgehead atoms. The van der Waals surface area contributed by atoms with Gasteiger partial charge in [0.2, 0.25) is 0 Å². The van der Waals surface area contributed by atoms with Crippen molar-refractivity contribution >= 4 is 31.9 Å². The number of hydrogen-bond acceptors (Lipinski definition) is 0. The topological polar surface area (TPSA) is 0 Å². The molecule has 1 atom stereocenters. The molecule has 0 heterocycles. The molecule has 0 saturated carbocycles. The average Bonchev–Trinajstić information content (AvgIpc) is 2.09. The largest absolute Gasteiger partial charge is 0.0801 e. The van der Waals surface area contributed by atoms with Crippen molar-refractivity contribution in [1.82, 2.24) is 0 Å². The number of hydrogen-bond donors (Lipinski definition) is 0. The van der Waals surface area contributed by atoms with Crippen molar-refractivity contribution in [3.05, 3.63) is 22.2 Å². The van der Waals surface area contributed by atoms with E-state index in [0.717, 1.165) is 12.8 Å². The summed E-state index contributed by atoms with van der Waals surface area (Å²) in [6, 6.07) is 0. The quantitative estimate of drug-likeness (QED) is 0.643. The van der Waals surface area contributed by atoms with E-state index >= 15 is 0 Å². The minimum atomic E-state index is 0.176. The summed E-state index contributed by atoms with van der Waals surface area (Å²) in [6.07, 6.45) is 6.81. The summed E-state index contributed by atoms with van der Waals surface area (Å²) in [7, 11) is 0. The van der Waals surface area contributed by atoms with Crippen molar-refractivity contribution in [2.75, 3.05) is 0 Å². The average molecular weight is 308 g/mol. The molecular weight excluding hydrogens is 292 g/mol. The van der Waals surface area contributed by atoms with Crippen LogP contribution in [-0.2, 0) is 0 Å². The van der Waals surface area contributed by atoms with Crippen molar-refractivity contribution in [3.8, 4) is 0 Å². The Balaban J connectivity index is 2.93. The van der Waals surface area contributed by atoms with Gasteiger partial charge in [-0.3, -0.25) is 0 Å². The van der Waals surface area contributed by atoms with Crippen LogP contribution in [0.15, 0.2) is 22.2 Å². The van der Waals surface area contributed by atoms with Gasteiger partial charge in [0.15, 0.2) is 0 Å². The van der Waals surface area contributed by atoms with E-state index in [1.165, 1.54) is 10.1 Å². The first kappa shape index (κ1) is 11.5. The highest BCUT2D eigenvalue weighted by Crippen LogP contribution is 2.41. The van der Waals surface area contributed by atoms with Crippen LogP contribution in [-0.4, -0.2) is 4.32 Å². The second kappa shape index (κ2) is 4.31. The molecule has 1 rings (SSSR count). The van der Waals surface area contributed by atoms with E-state index < -0.39 is 0 Å². The second-order valence-corrected chi connectivity index (χ2v) is 6.19. The summed E-state index contributed by atoms with van der Waals surface area (Å²) in [5.74, 6) is 0.630. The molecule has 0 aliphatic heterocycles. The molecule has 2 heteroatoms. The molecule has 1 aliphatic carbocycles. The van der Waals surface area contributed by atoms with Gasteiger partial charge < -0.3 is 0 Å². The van der Waals surface area contributed by atoms with Crippen molar-refractivity contribution < 1.29 is 0 Å². The van der Waals surface area contributed by atoms with Crippen LogP contribution in [0.1, 0.15) is 33.6 Å². The third-order valence-electron chi connectivity index (χ3n) is 2.66. The number of allylic oxidation sites excluding steroid dienone is 4. The fourth-order valence-corrected chi connectivity index (χ4v) is 2.46. The third-order valence-corrected chi connectivity index (χ3v) is 4.96. The maximum atomic E-state index is 3.83. The SMILES string of the molecule is CCC1=CC(Br)(C(C)C)CC=C1Br.